The van der Waals surface area contributed by atoms with Crippen molar-refractivity contribution >= 4 is 63.2 Å². The van der Waals surface area contributed by atoms with Gasteiger partial charge in [0.2, 0.25) is 5.89 Å². The van der Waals surface area contributed by atoms with Gasteiger partial charge in [0.25, 0.3) is 5.91 Å². The molecular weight excluding hydrogens is 509 g/mol. The summed E-state index contributed by atoms with van der Waals surface area (Å²) in [6.45, 7) is 5.50. The summed E-state index contributed by atoms with van der Waals surface area (Å²) in [5, 5.41) is 16.8. The Morgan fingerprint density at radius 2 is 1.91 bits per heavy atom. The summed E-state index contributed by atoms with van der Waals surface area (Å²) < 4.78 is 11.5. The van der Waals surface area contributed by atoms with Gasteiger partial charge in [0, 0.05) is 16.8 Å². The van der Waals surface area contributed by atoms with Gasteiger partial charge in [-0.2, -0.15) is 0 Å². The molecule has 0 saturated carbocycles. The number of phenolic OH excluding ortho intramolecular Hbond substituents is 1. The van der Waals surface area contributed by atoms with Gasteiger partial charge >= 0.3 is 0 Å². The predicted octanol–water partition coefficient (Wildman–Crippen LogP) is 6.40. The summed E-state index contributed by atoms with van der Waals surface area (Å²) in [5.74, 6) is 0.0914. The first-order valence-corrected chi connectivity index (χ1v) is 11.7. The number of nitrogens with one attached hydrogen (secondary N) is 2. The Balaban J connectivity index is 1.41. The number of aromatic nitrogens is 1. The van der Waals surface area contributed by atoms with Gasteiger partial charge < -0.3 is 19.6 Å². The second-order valence-electron chi connectivity index (χ2n) is 7.96. The lowest BCUT2D eigenvalue weighted by Gasteiger charge is -2.17. The van der Waals surface area contributed by atoms with Gasteiger partial charge in [-0.25, -0.2) is 4.98 Å². The molecule has 0 aliphatic carbocycles. The highest BCUT2D eigenvalue weighted by atomic mass is 35.5. The number of phenols is 1. The van der Waals surface area contributed by atoms with Crippen LogP contribution in [0.3, 0.4) is 0 Å². The molecule has 4 aromatic rings. The van der Waals surface area contributed by atoms with E-state index in [1.165, 1.54) is 12.1 Å². The van der Waals surface area contributed by atoms with Crippen molar-refractivity contribution < 1.29 is 19.1 Å². The molecule has 0 spiro atoms. The van der Waals surface area contributed by atoms with Gasteiger partial charge in [0.1, 0.15) is 17.0 Å². The summed E-state index contributed by atoms with van der Waals surface area (Å²) >= 11 is 17.2. The van der Waals surface area contributed by atoms with Crippen LogP contribution in [0.25, 0.3) is 22.6 Å². The quantitative estimate of drug-likeness (QED) is 0.257. The van der Waals surface area contributed by atoms with E-state index in [9.17, 15) is 9.90 Å². The number of nitrogens with zero attached hydrogens (tertiary/aromatic N) is 1. The number of carbonyl (C=O) groups excluding carboxylic acids is 1. The fourth-order valence-corrected chi connectivity index (χ4v) is 4.14. The van der Waals surface area contributed by atoms with Gasteiger partial charge in [-0.05, 0) is 80.5 Å². The van der Waals surface area contributed by atoms with Crippen LogP contribution in [0.1, 0.15) is 18.1 Å². The van der Waals surface area contributed by atoms with E-state index in [0.29, 0.717) is 33.5 Å². The number of hydrogen-bond acceptors (Lipinski definition) is 6. The van der Waals surface area contributed by atoms with Crippen molar-refractivity contribution in [1.82, 2.24) is 10.3 Å². The maximum absolute atomic E-state index is 12.5. The molecule has 1 atom stereocenters. The van der Waals surface area contributed by atoms with Crippen LogP contribution in [0.2, 0.25) is 10.0 Å². The molecule has 180 valence electrons. The lowest BCUT2D eigenvalue weighted by Crippen LogP contribution is -2.42. The Hall–Kier alpha value is -3.33. The Labute approximate surface area is 217 Å². The number of aryl methyl sites for hydroxylation is 2. The van der Waals surface area contributed by atoms with E-state index in [1.807, 2.05) is 26.0 Å². The lowest BCUT2D eigenvalue weighted by molar-refractivity contribution is -0.125. The number of fused-ring (bicyclic) bond motifs is 1. The molecule has 1 heterocycles. The number of oxazole rings is 1. The molecule has 3 N–H and O–H groups in total. The number of rotatable bonds is 5. The molecule has 3 aromatic carbocycles. The first-order chi connectivity index (χ1) is 16.6. The summed E-state index contributed by atoms with van der Waals surface area (Å²) in [4.78, 5) is 17.0. The van der Waals surface area contributed by atoms with E-state index >= 15 is 0 Å². The second-order valence-corrected chi connectivity index (χ2v) is 9.21. The van der Waals surface area contributed by atoms with E-state index in [0.717, 1.165) is 16.6 Å². The summed E-state index contributed by atoms with van der Waals surface area (Å²) in [5.41, 5.74) is 4.33. The van der Waals surface area contributed by atoms with Gasteiger partial charge in [0.05, 0.1) is 10.6 Å². The molecule has 0 aliphatic rings. The first kappa shape index (κ1) is 24.8. The number of benzene rings is 3. The Morgan fingerprint density at radius 3 is 2.63 bits per heavy atom. The molecule has 1 amide bonds. The van der Waals surface area contributed by atoms with Crippen molar-refractivity contribution in [2.75, 3.05) is 5.32 Å². The highest BCUT2D eigenvalue weighted by Crippen LogP contribution is 2.34. The molecule has 0 aliphatic heterocycles. The van der Waals surface area contributed by atoms with E-state index < -0.39 is 12.0 Å². The molecule has 7 nitrogen and oxygen atoms in total. The molecule has 1 aromatic heterocycles. The van der Waals surface area contributed by atoms with E-state index in [-0.39, 0.29) is 15.9 Å². The van der Waals surface area contributed by atoms with Gasteiger partial charge in [-0.1, -0.05) is 29.3 Å². The lowest BCUT2D eigenvalue weighted by atomic mass is 10.1. The smallest absolute Gasteiger partial charge is 0.266 e. The van der Waals surface area contributed by atoms with Gasteiger partial charge in [-0.3, -0.25) is 10.1 Å². The van der Waals surface area contributed by atoms with Crippen LogP contribution in [0.5, 0.6) is 11.5 Å². The minimum absolute atomic E-state index is 0.0350. The second kappa shape index (κ2) is 10.1. The van der Waals surface area contributed by atoms with Crippen molar-refractivity contribution in [3.05, 3.63) is 69.7 Å². The normalized spacial score (nSPS) is 11.8. The Bertz CT molecular complexity index is 1450. The summed E-state index contributed by atoms with van der Waals surface area (Å²) in [6.07, 6.45) is -0.879. The van der Waals surface area contributed by atoms with Crippen LogP contribution in [0.15, 0.2) is 52.9 Å². The van der Waals surface area contributed by atoms with Crippen molar-refractivity contribution in [2.45, 2.75) is 26.9 Å². The number of hydrogen-bond donors (Lipinski definition) is 3. The molecule has 0 bridgehead atoms. The molecule has 0 saturated heterocycles. The maximum atomic E-state index is 12.5. The third kappa shape index (κ3) is 5.67. The van der Waals surface area contributed by atoms with E-state index in [4.69, 9.17) is 44.6 Å². The number of halogens is 2. The predicted molar refractivity (Wildman–Crippen MR) is 141 cm³/mol. The number of ether oxygens (including phenoxy) is 1. The molecule has 35 heavy (non-hydrogen) atoms. The molecular formula is C25H21Cl2N3O4S. The SMILES string of the molecule is Cc1cc(C)c2oc(-c3ccc(NC(=S)NC(=O)C(C)Oc4ccc(Cl)cc4Cl)cc3O)nc2c1. The van der Waals surface area contributed by atoms with E-state index in [1.54, 1.807) is 31.2 Å². The van der Waals surface area contributed by atoms with Crippen LogP contribution in [0, 0.1) is 13.8 Å². The molecule has 0 fully saturated rings. The third-order valence-corrected chi connectivity index (χ3v) is 5.84. The Morgan fingerprint density at radius 1 is 1.14 bits per heavy atom. The zero-order valence-corrected chi connectivity index (χ0v) is 21.3. The van der Waals surface area contributed by atoms with Crippen LogP contribution in [-0.4, -0.2) is 27.2 Å². The number of thiocarbonyl (C=S) groups is 1. The average Bonchev–Trinajstić information content (AvgIpc) is 3.19. The van der Waals surface area contributed by atoms with Crippen LogP contribution < -0.4 is 15.4 Å². The third-order valence-electron chi connectivity index (χ3n) is 5.11. The number of anilines is 1. The van der Waals surface area contributed by atoms with Crippen LogP contribution in [0.4, 0.5) is 5.69 Å². The maximum Gasteiger partial charge on any atom is 0.266 e. The monoisotopic (exact) mass is 529 g/mol. The summed E-state index contributed by atoms with van der Waals surface area (Å²) in [7, 11) is 0. The minimum atomic E-state index is -0.879. The molecule has 0 radical (unpaired) electrons. The number of carbonyl (C=O) groups is 1. The fourth-order valence-electron chi connectivity index (χ4n) is 3.47. The standard InChI is InChI=1S/C25H21Cl2N3O4S/c1-12-8-13(2)22-19(9-12)29-24(34-22)17-6-5-16(11-20(17)31)28-25(35)30-23(32)14(3)33-21-7-4-15(26)10-18(21)27/h4-11,14,31H,1-3H3,(H2,28,30,32,35). The first-order valence-electron chi connectivity index (χ1n) is 10.6. The van der Waals surface area contributed by atoms with Gasteiger partial charge in [0.15, 0.2) is 16.8 Å². The number of amides is 1. The topological polar surface area (TPSA) is 96.6 Å². The minimum Gasteiger partial charge on any atom is -0.507 e. The molecule has 4 rings (SSSR count). The van der Waals surface area contributed by atoms with Crippen molar-refractivity contribution in [2.24, 2.45) is 0 Å². The van der Waals surface area contributed by atoms with Gasteiger partial charge in [-0.15, -0.1) is 0 Å². The van der Waals surface area contributed by atoms with E-state index in [2.05, 4.69) is 15.6 Å². The van der Waals surface area contributed by atoms with Crippen molar-refractivity contribution in [3.63, 3.8) is 0 Å². The molecule has 10 heteroatoms. The highest BCUT2D eigenvalue weighted by Gasteiger charge is 2.19. The zero-order valence-electron chi connectivity index (χ0n) is 19.0. The van der Waals surface area contributed by atoms with Crippen LogP contribution >= 0.6 is 35.4 Å². The van der Waals surface area contributed by atoms with Crippen molar-refractivity contribution in [3.8, 4) is 23.0 Å². The summed E-state index contributed by atoms with van der Waals surface area (Å²) in [6, 6.07) is 13.5. The number of aromatic hydroxyl groups is 1. The molecule has 1 unspecified atom stereocenters. The van der Waals surface area contributed by atoms with Crippen LogP contribution in [-0.2, 0) is 4.79 Å². The zero-order chi connectivity index (χ0) is 25.3. The fraction of sp³-hybridized carbons (Fsp3) is 0.160. The Kier molecular flexibility index (Phi) is 7.16. The van der Waals surface area contributed by atoms with Crippen molar-refractivity contribution in [1.29, 1.82) is 0 Å². The largest absolute Gasteiger partial charge is 0.507 e. The average molecular weight is 530 g/mol. The highest BCUT2D eigenvalue weighted by molar-refractivity contribution is 7.80.